The first-order valence-corrected chi connectivity index (χ1v) is 17.7. The molecule has 0 atom stereocenters. The van der Waals surface area contributed by atoms with Crippen molar-refractivity contribution in [1.29, 1.82) is 0 Å². The number of ketones is 3. The van der Waals surface area contributed by atoms with E-state index in [0.717, 1.165) is 5.56 Å². The minimum atomic E-state index is -0.548. The van der Waals surface area contributed by atoms with Crippen LogP contribution in [-0.4, -0.2) is 55.7 Å². The molecule has 9 heteroatoms. The van der Waals surface area contributed by atoms with Gasteiger partial charge in [-0.15, -0.1) is 0 Å². The minimum absolute atomic E-state index is 0.130. The van der Waals surface area contributed by atoms with Gasteiger partial charge in [0.25, 0.3) is 0 Å². The summed E-state index contributed by atoms with van der Waals surface area (Å²) in [5.74, 6) is 0.0632. The molecule has 0 bridgehead atoms. The smallest absolute Gasteiger partial charge is 0.344 e. The Bertz CT molecular complexity index is 1870. The van der Waals surface area contributed by atoms with Gasteiger partial charge in [-0.05, 0) is 55.5 Å². The molecule has 278 valence electrons. The summed E-state index contributed by atoms with van der Waals surface area (Å²) in [7, 11) is 0. The molecule has 0 unspecified atom stereocenters. The predicted molar refractivity (Wildman–Crippen MR) is 205 cm³/mol. The summed E-state index contributed by atoms with van der Waals surface area (Å²) in [6, 6.07) is 38.8. The highest BCUT2D eigenvalue weighted by atomic mass is 16.6. The van der Waals surface area contributed by atoms with E-state index in [-0.39, 0.29) is 43.8 Å². The lowest BCUT2D eigenvalue weighted by atomic mass is 10.0. The first-order chi connectivity index (χ1) is 26.1. The molecular formula is C45H44O9. The molecule has 0 heterocycles. The number of rotatable bonds is 17. The van der Waals surface area contributed by atoms with Crippen LogP contribution in [0.2, 0.25) is 0 Å². The summed E-state index contributed by atoms with van der Waals surface area (Å²) in [4.78, 5) is 60.2. The second-order valence-corrected chi connectivity index (χ2v) is 12.5. The molecule has 0 fully saturated rings. The molecule has 0 aliphatic heterocycles. The number of benzene rings is 5. The molecule has 0 N–H and O–H groups in total. The first-order valence-electron chi connectivity index (χ1n) is 17.7. The molecule has 5 aromatic rings. The van der Waals surface area contributed by atoms with Crippen molar-refractivity contribution in [3.8, 4) is 11.5 Å². The second-order valence-electron chi connectivity index (χ2n) is 12.5. The van der Waals surface area contributed by atoms with Crippen LogP contribution in [0.4, 0.5) is 0 Å². The van der Waals surface area contributed by atoms with Crippen LogP contribution in [0.25, 0.3) is 0 Å². The largest absolute Gasteiger partial charge is 0.482 e. The van der Waals surface area contributed by atoms with Gasteiger partial charge in [0.15, 0.2) is 30.6 Å². The van der Waals surface area contributed by atoms with Crippen LogP contribution in [0.1, 0.15) is 87.3 Å². The van der Waals surface area contributed by atoms with Crippen molar-refractivity contribution in [1.82, 2.24) is 0 Å². The summed E-state index contributed by atoms with van der Waals surface area (Å²) in [6.45, 7) is 5.56. The fraction of sp³-hybridized carbons (Fsp3) is 0.222. The topological polar surface area (TPSA) is 122 Å². The maximum Gasteiger partial charge on any atom is 0.344 e. The number of unbranched alkanes of at least 4 members (excludes halogenated alkanes) is 1. The number of hydrogen-bond donors (Lipinski definition) is 0. The molecule has 0 aliphatic carbocycles. The lowest BCUT2D eigenvalue weighted by Crippen LogP contribution is -2.17. The summed E-state index contributed by atoms with van der Waals surface area (Å²) in [5.41, 5.74) is 4.11. The fourth-order valence-corrected chi connectivity index (χ4v) is 5.01. The zero-order valence-corrected chi connectivity index (χ0v) is 30.7. The maximum atomic E-state index is 12.6. The van der Waals surface area contributed by atoms with Crippen molar-refractivity contribution >= 4 is 29.3 Å². The zero-order valence-electron chi connectivity index (χ0n) is 30.7. The summed E-state index contributed by atoms with van der Waals surface area (Å²) in [5, 5.41) is 0. The molecule has 0 aliphatic rings. The normalized spacial score (nSPS) is 10.4. The third kappa shape index (κ3) is 13.3. The summed E-state index contributed by atoms with van der Waals surface area (Å²) in [6.07, 6.45) is 0.981. The number of ether oxygens (including phenoxy) is 4. The number of esters is 2. The van der Waals surface area contributed by atoms with E-state index in [9.17, 15) is 24.0 Å². The van der Waals surface area contributed by atoms with Gasteiger partial charge in [0.2, 0.25) is 0 Å². The highest BCUT2D eigenvalue weighted by Crippen LogP contribution is 2.19. The number of carbonyl (C=O) groups excluding carboxylic acids is 5. The van der Waals surface area contributed by atoms with Crippen LogP contribution in [0.5, 0.6) is 11.5 Å². The molecule has 9 nitrogen and oxygen atoms in total. The maximum absolute atomic E-state index is 12.6. The van der Waals surface area contributed by atoms with Gasteiger partial charge < -0.3 is 18.9 Å². The van der Waals surface area contributed by atoms with E-state index < -0.39 is 11.9 Å². The number of Topliss-reactive ketones (excluding diaryl/α,β-unsaturated/α-hetero) is 1. The van der Waals surface area contributed by atoms with Gasteiger partial charge in [-0.2, -0.15) is 0 Å². The lowest BCUT2D eigenvalue weighted by molar-refractivity contribution is -0.148. The standard InChI is InChI=1S/C34H30O8.C11H14O/c35-31(23-41-29-17-9-15-27(21-29)33(37)25-11-3-1-4-12-25)39-19-7-8-20-40-32(36)24-42-30-18-10-16-28(22-30)34(38)26-13-5-2-6-14-26;1-8(2)10-4-6-11(7-5-10)9(3)12/h1-6,9-18,21-22H,7-8,19-20,23-24H2;4-8H,1-3H3. The van der Waals surface area contributed by atoms with Gasteiger partial charge in [0, 0.05) is 27.8 Å². The third-order valence-electron chi connectivity index (χ3n) is 8.03. The monoisotopic (exact) mass is 728 g/mol. The predicted octanol–water partition coefficient (Wildman–Crippen LogP) is 8.49. The fourth-order valence-electron chi connectivity index (χ4n) is 5.01. The Kier molecular flexibility index (Phi) is 15.9. The van der Waals surface area contributed by atoms with Crippen molar-refractivity contribution in [2.24, 2.45) is 0 Å². The van der Waals surface area contributed by atoms with Crippen molar-refractivity contribution in [3.05, 3.63) is 167 Å². The molecule has 0 aromatic heterocycles. The number of hydrogen-bond acceptors (Lipinski definition) is 9. The summed E-state index contributed by atoms with van der Waals surface area (Å²) < 4.78 is 21.3. The Morgan fingerprint density at radius 1 is 0.481 bits per heavy atom. The quantitative estimate of drug-likeness (QED) is 0.0527. The van der Waals surface area contributed by atoms with Crippen LogP contribution in [0.3, 0.4) is 0 Å². The Labute approximate surface area is 315 Å². The van der Waals surface area contributed by atoms with Crippen LogP contribution in [0, 0.1) is 0 Å². The van der Waals surface area contributed by atoms with Crippen LogP contribution in [-0.2, 0) is 19.1 Å². The van der Waals surface area contributed by atoms with E-state index in [1.165, 1.54) is 5.56 Å². The van der Waals surface area contributed by atoms with Crippen LogP contribution in [0.15, 0.2) is 133 Å². The molecular weight excluding hydrogens is 684 g/mol. The first kappa shape index (κ1) is 40.4. The van der Waals surface area contributed by atoms with E-state index >= 15 is 0 Å². The Morgan fingerprint density at radius 2 is 0.889 bits per heavy atom. The van der Waals surface area contributed by atoms with Gasteiger partial charge in [0.05, 0.1) is 13.2 Å². The van der Waals surface area contributed by atoms with E-state index in [1.54, 1.807) is 104 Å². The molecule has 5 rings (SSSR count). The molecule has 5 aromatic carbocycles. The van der Waals surface area contributed by atoms with E-state index in [0.29, 0.717) is 52.5 Å². The lowest BCUT2D eigenvalue weighted by Gasteiger charge is -2.09. The van der Waals surface area contributed by atoms with E-state index in [4.69, 9.17) is 18.9 Å². The van der Waals surface area contributed by atoms with Crippen molar-refractivity contribution in [2.45, 2.75) is 39.5 Å². The Morgan fingerprint density at radius 3 is 1.28 bits per heavy atom. The van der Waals surface area contributed by atoms with E-state index in [1.807, 2.05) is 36.4 Å². The van der Waals surface area contributed by atoms with E-state index in [2.05, 4.69) is 13.8 Å². The minimum Gasteiger partial charge on any atom is -0.482 e. The Balaban J connectivity index is 0.000000460. The van der Waals surface area contributed by atoms with Gasteiger partial charge in [-0.1, -0.05) is 123 Å². The van der Waals surface area contributed by atoms with Gasteiger partial charge in [0.1, 0.15) is 11.5 Å². The van der Waals surface area contributed by atoms with Gasteiger partial charge in [-0.3, -0.25) is 14.4 Å². The average Bonchev–Trinajstić information content (AvgIpc) is 3.21. The van der Waals surface area contributed by atoms with Crippen molar-refractivity contribution in [2.75, 3.05) is 26.4 Å². The molecule has 0 saturated carbocycles. The Hall–Kier alpha value is -6.35. The van der Waals surface area contributed by atoms with Crippen LogP contribution < -0.4 is 9.47 Å². The highest BCUT2D eigenvalue weighted by Gasteiger charge is 2.12. The molecule has 0 saturated heterocycles. The number of carbonyl (C=O) groups is 5. The SMILES string of the molecule is CC(=O)c1ccc(C(C)C)cc1.O=C(COc1cccc(C(=O)c2ccccc2)c1)OCCCCOC(=O)COc1cccc(C(=O)c2ccccc2)c1. The molecule has 0 radical (unpaired) electrons. The average molecular weight is 729 g/mol. The zero-order chi connectivity index (χ0) is 38.7. The van der Waals surface area contributed by atoms with Crippen LogP contribution >= 0.6 is 0 Å². The van der Waals surface area contributed by atoms with Gasteiger partial charge >= 0.3 is 11.9 Å². The van der Waals surface area contributed by atoms with Crippen molar-refractivity contribution in [3.63, 3.8) is 0 Å². The summed E-state index contributed by atoms with van der Waals surface area (Å²) >= 11 is 0. The molecule has 54 heavy (non-hydrogen) atoms. The second kappa shape index (κ2) is 21.2. The third-order valence-corrected chi connectivity index (χ3v) is 8.03. The molecule has 0 spiro atoms. The molecule has 0 amide bonds. The van der Waals surface area contributed by atoms with Crippen molar-refractivity contribution < 1.29 is 42.9 Å². The van der Waals surface area contributed by atoms with Gasteiger partial charge in [-0.25, -0.2) is 9.59 Å². The highest BCUT2D eigenvalue weighted by molar-refractivity contribution is 6.09.